The Hall–Kier alpha value is -3.66. The van der Waals surface area contributed by atoms with Crippen LogP contribution < -0.4 is 10.1 Å². The molecule has 150 valence electrons. The van der Waals surface area contributed by atoms with Gasteiger partial charge in [0.1, 0.15) is 17.3 Å². The van der Waals surface area contributed by atoms with Gasteiger partial charge in [-0.2, -0.15) is 0 Å². The quantitative estimate of drug-likeness (QED) is 0.564. The van der Waals surface area contributed by atoms with Gasteiger partial charge >= 0.3 is 0 Å². The van der Waals surface area contributed by atoms with E-state index >= 15 is 0 Å². The van der Waals surface area contributed by atoms with Gasteiger partial charge in [-0.05, 0) is 82.8 Å². The molecule has 0 spiro atoms. The molecule has 0 unspecified atom stereocenters. The summed E-state index contributed by atoms with van der Waals surface area (Å²) in [6.07, 6.45) is 2.29. The lowest BCUT2D eigenvalue weighted by Gasteiger charge is -2.07. The van der Waals surface area contributed by atoms with Gasteiger partial charge in [0.15, 0.2) is 0 Å². The minimum absolute atomic E-state index is 0.0942. The fourth-order valence-corrected chi connectivity index (χ4v) is 3.65. The molecule has 3 aromatic carbocycles. The molecule has 1 aliphatic carbocycles. The lowest BCUT2D eigenvalue weighted by molar-refractivity contribution is -0.119. The first-order valence-electron chi connectivity index (χ1n) is 9.81. The summed E-state index contributed by atoms with van der Waals surface area (Å²) in [4.78, 5) is 12.0. The van der Waals surface area contributed by atoms with E-state index in [0.29, 0.717) is 0 Å². The van der Waals surface area contributed by atoms with Crippen LogP contribution in [0.3, 0.4) is 0 Å². The van der Waals surface area contributed by atoms with Crippen molar-refractivity contribution in [2.45, 2.75) is 13.3 Å². The molecule has 1 amide bonds. The van der Waals surface area contributed by atoms with Crippen LogP contribution in [-0.2, 0) is 4.79 Å². The van der Waals surface area contributed by atoms with E-state index in [1.165, 1.54) is 12.1 Å². The van der Waals surface area contributed by atoms with E-state index in [4.69, 9.17) is 4.74 Å². The Morgan fingerprint density at radius 1 is 0.967 bits per heavy atom. The van der Waals surface area contributed by atoms with Gasteiger partial charge in [-0.15, -0.1) is 0 Å². The van der Waals surface area contributed by atoms with Gasteiger partial charge in [0.05, 0.1) is 6.42 Å². The molecule has 0 saturated heterocycles. The van der Waals surface area contributed by atoms with Gasteiger partial charge < -0.3 is 10.1 Å². The summed E-state index contributed by atoms with van der Waals surface area (Å²) in [5.41, 5.74) is 5.58. The van der Waals surface area contributed by atoms with Crippen molar-refractivity contribution in [3.8, 4) is 11.5 Å². The van der Waals surface area contributed by atoms with E-state index in [1.807, 2.05) is 61.5 Å². The van der Waals surface area contributed by atoms with Gasteiger partial charge in [-0.3, -0.25) is 4.79 Å². The number of rotatable bonds is 5. The molecule has 4 heteroatoms. The van der Waals surface area contributed by atoms with E-state index in [1.54, 1.807) is 13.1 Å². The van der Waals surface area contributed by atoms with Crippen LogP contribution in [0.15, 0.2) is 78.4 Å². The molecule has 0 atom stereocenters. The van der Waals surface area contributed by atoms with E-state index in [-0.39, 0.29) is 18.1 Å². The summed E-state index contributed by atoms with van der Waals surface area (Å²) >= 11 is 0. The number of amides is 1. The number of carbonyl (C=O) groups excluding carboxylic acids is 1. The van der Waals surface area contributed by atoms with Crippen LogP contribution in [-0.4, -0.2) is 13.0 Å². The van der Waals surface area contributed by atoms with Crippen molar-refractivity contribution in [1.82, 2.24) is 5.32 Å². The standard InChI is InChI=1S/C26H22FNO2/c1-17-23(22-13-10-19(27)15-25(22)24(17)16-26(29)28-2)14-18-8-11-21(12-9-18)30-20-6-4-3-5-7-20/h3-15H,16H2,1-2H3,(H,28,29)/b23-14-. The third-order valence-corrected chi connectivity index (χ3v) is 5.24. The van der Waals surface area contributed by atoms with Crippen LogP contribution in [0.5, 0.6) is 11.5 Å². The van der Waals surface area contributed by atoms with Crippen molar-refractivity contribution in [3.05, 3.63) is 101 Å². The Morgan fingerprint density at radius 2 is 1.67 bits per heavy atom. The first-order valence-corrected chi connectivity index (χ1v) is 9.81. The highest BCUT2D eigenvalue weighted by Gasteiger charge is 2.25. The molecule has 0 aromatic heterocycles. The Labute approximate surface area is 175 Å². The maximum Gasteiger partial charge on any atom is 0.224 e. The number of benzene rings is 3. The summed E-state index contributed by atoms with van der Waals surface area (Å²) in [5.74, 6) is 1.14. The summed E-state index contributed by atoms with van der Waals surface area (Å²) in [7, 11) is 1.61. The van der Waals surface area contributed by atoms with E-state index in [0.717, 1.165) is 44.9 Å². The smallest absolute Gasteiger partial charge is 0.224 e. The third kappa shape index (κ3) is 4.03. The zero-order chi connectivity index (χ0) is 21.1. The highest BCUT2D eigenvalue weighted by atomic mass is 19.1. The molecule has 0 bridgehead atoms. The Kier molecular flexibility index (Phi) is 5.48. The molecule has 4 rings (SSSR count). The molecule has 3 aromatic rings. The Bertz CT molecular complexity index is 1150. The molecular weight excluding hydrogens is 377 g/mol. The normalized spacial score (nSPS) is 14.0. The predicted octanol–water partition coefficient (Wildman–Crippen LogP) is 6.08. The van der Waals surface area contributed by atoms with Crippen LogP contribution in [0.4, 0.5) is 4.39 Å². The monoisotopic (exact) mass is 399 g/mol. The average Bonchev–Trinajstić information content (AvgIpc) is 3.01. The van der Waals surface area contributed by atoms with Crippen molar-refractivity contribution in [2.24, 2.45) is 0 Å². The number of ether oxygens (including phenoxy) is 1. The molecule has 0 radical (unpaired) electrons. The summed E-state index contributed by atoms with van der Waals surface area (Å²) in [5, 5.41) is 2.65. The molecule has 30 heavy (non-hydrogen) atoms. The second-order valence-corrected chi connectivity index (χ2v) is 7.19. The largest absolute Gasteiger partial charge is 0.457 e. The van der Waals surface area contributed by atoms with Crippen molar-refractivity contribution >= 4 is 23.1 Å². The minimum Gasteiger partial charge on any atom is -0.457 e. The Balaban J connectivity index is 1.66. The van der Waals surface area contributed by atoms with Crippen LogP contribution in [0, 0.1) is 5.82 Å². The molecule has 1 N–H and O–H groups in total. The second kappa shape index (κ2) is 8.37. The predicted molar refractivity (Wildman–Crippen MR) is 119 cm³/mol. The van der Waals surface area contributed by atoms with Gasteiger partial charge in [0, 0.05) is 7.05 Å². The number of hydrogen-bond acceptors (Lipinski definition) is 2. The summed E-state index contributed by atoms with van der Waals surface area (Å²) < 4.78 is 19.8. The molecule has 0 saturated carbocycles. The van der Waals surface area contributed by atoms with Gasteiger partial charge in [-0.1, -0.05) is 36.4 Å². The maximum absolute atomic E-state index is 13.9. The molecule has 0 aliphatic heterocycles. The molecule has 0 fully saturated rings. The van der Waals surface area contributed by atoms with Crippen molar-refractivity contribution in [3.63, 3.8) is 0 Å². The number of fused-ring (bicyclic) bond motifs is 1. The van der Waals surface area contributed by atoms with Crippen LogP contribution >= 0.6 is 0 Å². The van der Waals surface area contributed by atoms with Crippen LogP contribution in [0.2, 0.25) is 0 Å². The van der Waals surface area contributed by atoms with Gasteiger partial charge in [0.2, 0.25) is 5.91 Å². The molecular formula is C26H22FNO2. The number of hydrogen-bond donors (Lipinski definition) is 1. The first-order chi connectivity index (χ1) is 14.5. The lowest BCUT2D eigenvalue weighted by Crippen LogP contribution is -2.17. The number of halogens is 1. The number of allylic oxidation sites excluding steroid dienone is 2. The molecule has 0 heterocycles. The van der Waals surface area contributed by atoms with Gasteiger partial charge in [-0.25, -0.2) is 4.39 Å². The topological polar surface area (TPSA) is 38.3 Å². The van der Waals surface area contributed by atoms with Crippen molar-refractivity contribution < 1.29 is 13.9 Å². The molecule has 1 aliphatic rings. The fourth-order valence-electron chi connectivity index (χ4n) is 3.65. The van der Waals surface area contributed by atoms with E-state index in [9.17, 15) is 9.18 Å². The highest BCUT2D eigenvalue weighted by molar-refractivity contribution is 6.08. The summed E-state index contributed by atoms with van der Waals surface area (Å²) in [6, 6.07) is 22.2. The maximum atomic E-state index is 13.9. The zero-order valence-corrected chi connectivity index (χ0v) is 16.9. The Morgan fingerprint density at radius 3 is 2.37 bits per heavy atom. The SMILES string of the molecule is CNC(=O)CC1=C(C)/C(=C/c2ccc(Oc3ccccc3)cc2)c2ccc(F)cc21. The van der Waals surface area contributed by atoms with Crippen molar-refractivity contribution in [2.75, 3.05) is 7.05 Å². The average molecular weight is 399 g/mol. The fraction of sp³-hybridized carbons (Fsp3) is 0.115. The van der Waals surface area contributed by atoms with E-state index in [2.05, 4.69) is 11.4 Å². The van der Waals surface area contributed by atoms with E-state index < -0.39 is 0 Å². The molecule has 3 nitrogen and oxygen atoms in total. The highest BCUT2D eigenvalue weighted by Crippen LogP contribution is 2.43. The third-order valence-electron chi connectivity index (χ3n) is 5.24. The summed E-state index contributed by atoms with van der Waals surface area (Å²) in [6.45, 7) is 1.98. The lowest BCUT2D eigenvalue weighted by atomic mass is 10.0. The van der Waals surface area contributed by atoms with Crippen LogP contribution in [0.1, 0.15) is 30.0 Å². The second-order valence-electron chi connectivity index (χ2n) is 7.19. The van der Waals surface area contributed by atoms with Gasteiger partial charge in [0.25, 0.3) is 0 Å². The van der Waals surface area contributed by atoms with Crippen molar-refractivity contribution in [1.29, 1.82) is 0 Å². The first kappa shape index (κ1) is 19.6. The zero-order valence-electron chi connectivity index (χ0n) is 16.9. The number of nitrogens with one attached hydrogen (secondary N) is 1. The van der Waals surface area contributed by atoms with Crippen LogP contribution in [0.25, 0.3) is 17.2 Å². The number of para-hydroxylation sites is 1. The number of carbonyl (C=O) groups is 1. The minimum atomic E-state index is -0.306.